The van der Waals surface area contributed by atoms with E-state index in [0.29, 0.717) is 29.6 Å². The molecule has 0 bridgehead atoms. The van der Waals surface area contributed by atoms with Gasteiger partial charge in [-0.15, -0.1) is 0 Å². The topological polar surface area (TPSA) is 98.8 Å². The molecule has 1 atom stereocenters. The average Bonchev–Trinajstić information content (AvgIpc) is 2.56. The highest BCUT2D eigenvalue weighted by Crippen LogP contribution is 2.36. The fraction of sp³-hybridized carbons (Fsp3) is 0.667. The van der Waals surface area contributed by atoms with Crippen molar-refractivity contribution in [3.05, 3.63) is 22.8 Å². The number of carbonyl (C=O) groups is 4. The van der Waals surface area contributed by atoms with Crippen molar-refractivity contribution in [1.82, 2.24) is 5.32 Å². The third-order valence-corrected chi connectivity index (χ3v) is 5.00. The highest BCUT2D eigenvalue weighted by atomic mass is 16.6. The zero-order valence-corrected chi connectivity index (χ0v) is 20.3. The number of hydrogen-bond donors (Lipinski definition) is 1. The molecule has 0 aromatic heterocycles. The van der Waals surface area contributed by atoms with Crippen LogP contribution in [0.1, 0.15) is 75.2 Å². The lowest BCUT2D eigenvalue weighted by Crippen LogP contribution is -2.45. The fourth-order valence-corrected chi connectivity index (χ4v) is 3.54. The first kappa shape index (κ1) is 26.6. The number of hydrogen-bond acceptors (Lipinski definition) is 6. The molecule has 0 radical (unpaired) electrons. The highest BCUT2D eigenvalue weighted by molar-refractivity contribution is 6.22. The number of ketones is 2. The molecule has 0 saturated heterocycles. The van der Waals surface area contributed by atoms with Crippen LogP contribution in [0.5, 0.6) is 0 Å². The standard InChI is InChI=1S/C24H37NO6/c1-14(2)12-17(25-22(29)31-23(5,6)7)21(28)30-11-10-24(8,9)19-16(4)20(27)15(3)13-18(19)26/h13-14,17H,10-12H2,1-9H3,(H,25,29)/t17-/m0/s1. The van der Waals surface area contributed by atoms with Crippen LogP contribution in [0.15, 0.2) is 22.8 Å². The first-order chi connectivity index (χ1) is 14.0. The van der Waals surface area contributed by atoms with Gasteiger partial charge >= 0.3 is 12.1 Å². The van der Waals surface area contributed by atoms with Crippen LogP contribution < -0.4 is 5.32 Å². The van der Waals surface area contributed by atoms with Gasteiger partial charge in [0.05, 0.1) is 6.61 Å². The maximum absolute atomic E-state index is 12.6. The van der Waals surface area contributed by atoms with E-state index in [4.69, 9.17) is 9.47 Å². The lowest BCUT2D eigenvalue weighted by Gasteiger charge is -2.30. The molecule has 1 aliphatic rings. The number of carbonyl (C=O) groups excluding carboxylic acids is 4. The Morgan fingerprint density at radius 1 is 1.06 bits per heavy atom. The van der Waals surface area contributed by atoms with Crippen LogP contribution in [0.25, 0.3) is 0 Å². The Bertz CT molecular complexity index is 795. The number of rotatable bonds is 8. The number of Topliss-reactive ketones (excluding diaryl/α,β-unsaturated/α-hetero) is 1. The quantitative estimate of drug-likeness (QED) is 0.451. The van der Waals surface area contributed by atoms with Gasteiger partial charge in [0, 0.05) is 16.7 Å². The van der Waals surface area contributed by atoms with Gasteiger partial charge in [-0.2, -0.15) is 0 Å². The van der Waals surface area contributed by atoms with Gasteiger partial charge in [-0.1, -0.05) is 27.7 Å². The highest BCUT2D eigenvalue weighted by Gasteiger charge is 2.35. The summed E-state index contributed by atoms with van der Waals surface area (Å²) in [4.78, 5) is 49.5. The molecule has 0 unspecified atom stereocenters. The molecule has 0 aliphatic heterocycles. The van der Waals surface area contributed by atoms with Gasteiger partial charge in [0.1, 0.15) is 11.6 Å². The second-order valence-corrected chi connectivity index (χ2v) is 10.2. The molecule has 1 aliphatic carbocycles. The van der Waals surface area contributed by atoms with Gasteiger partial charge in [0.2, 0.25) is 0 Å². The van der Waals surface area contributed by atoms with E-state index in [0.717, 1.165) is 0 Å². The number of allylic oxidation sites excluding steroid dienone is 4. The van der Waals surface area contributed by atoms with Crippen LogP contribution in [-0.4, -0.2) is 41.9 Å². The Kier molecular flexibility index (Phi) is 8.79. The van der Waals surface area contributed by atoms with Crippen molar-refractivity contribution in [1.29, 1.82) is 0 Å². The molecule has 7 nitrogen and oxygen atoms in total. The second kappa shape index (κ2) is 10.2. The second-order valence-electron chi connectivity index (χ2n) is 10.2. The van der Waals surface area contributed by atoms with E-state index in [1.807, 2.05) is 27.7 Å². The van der Waals surface area contributed by atoms with E-state index < -0.39 is 29.1 Å². The van der Waals surface area contributed by atoms with Crippen LogP contribution in [0.4, 0.5) is 4.79 Å². The van der Waals surface area contributed by atoms with Crippen LogP contribution in [-0.2, 0) is 23.9 Å². The molecule has 7 heteroatoms. The van der Waals surface area contributed by atoms with Gasteiger partial charge in [-0.3, -0.25) is 9.59 Å². The number of esters is 1. The van der Waals surface area contributed by atoms with Crippen LogP contribution in [0.3, 0.4) is 0 Å². The van der Waals surface area contributed by atoms with Crippen LogP contribution in [0.2, 0.25) is 0 Å². The predicted octanol–water partition coefficient (Wildman–Crippen LogP) is 4.30. The monoisotopic (exact) mass is 435 g/mol. The summed E-state index contributed by atoms with van der Waals surface area (Å²) in [6.07, 6.45) is 1.45. The molecule has 0 heterocycles. The van der Waals surface area contributed by atoms with E-state index >= 15 is 0 Å². The summed E-state index contributed by atoms with van der Waals surface area (Å²) >= 11 is 0. The Labute approximate surface area is 185 Å². The molecule has 31 heavy (non-hydrogen) atoms. The van der Waals surface area contributed by atoms with Crippen molar-refractivity contribution < 1.29 is 28.7 Å². The zero-order valence-electron chi connectivity index (χ0n) is 20.3. The molecule has 0 saturated carbocycles. The summed E-state index contributed by atoms with van der Waals surface area (Å²) < 4.78 is 10.7. The Morgan fingerprint density at radius 3 is 2.16 bits per heavy atom. The van der Waals surface area contributed by atoms with Crippen molar-refractivity contribution in [2.75, 3.05) is 6.61 Å². The molecule has 1 amide bonds. The molecule has 0 fully saturated rings. The molecule has 1 rings (SSSR count). The zero-order chi connectivity index (χ0) is 24.1. The summed E-state index contributed by atoms with van der Waals surface area (Å²) in [7, 11) is 0. The predicted molar refractivity (Wildman–Crippen MR) is 118 cm³/mol. The summed E-state index contributed by atoms with van der Waals surface area (Å²) in [5, 5.41) is 2.59. The molecule has 0 aromatic rings. The van der Waals surface area contributed by atoms with E-state index in [9.17, 15) is 19.2 Å². The first-order valence-corrected chi connectivity index (χ1v) is 10.7. The molecular formula is C24H37NO6. The molecular weight excluding hydrogens is 398 g/mol. The van der Waals surface area contributed by atoms with Crippen molar-refractivity contribution in [2.45, 2.75) is 86.8 Å². The summed E-state index contributed by atoms with van der Waals surface area (Å²) in [6.45, 7) is 16.2. The molecule has 0 spiro atoms. The van der Waals surface area contributed by atoms with E-state index in [2.05, 4.69) is 5.32 Å². The SMILES string of the molecule is CC1=CC(=O)C(C(C)(C)CCOC(=O)[C@H](CC(C)C)NC(=O)OC(C)(C)C)=C(C)C1=O. The smallest absolute Gasteiger partial charge is 0.408 e. The molecule has 1 N–H and O–H groups in total. The largest absolute Gasteiger partial charge is 0.464 e. The summed E-state index contributed by atoms with van der Waals surface area (Å²) in [5.41, 5.74) is -0.0167. The Morgan fingerprint density at radius 2 is 1.65 bits per heavy atom. The minimum atomic E-state index is -0.831. The maximum atomic E-state index is 12.6. The van der Waals surface area contributed by atoms with E-state index in [-0.39, 0.29) is 24.1 Å². The average molecular weight is 436 g/mol. The summed E-state index contributed by atoms with van der Waals surface area (Å²) in [5.74, 6) is -0.728. The maximum Gasteiger partial charge on any atom is 0.408 e. The van der Waals surface area contributed by atoms with Gasteiger partial charge < -0.3 is 14.8 Å². The van der Waals surface area contributed by atoms with Crippen molar-refractivity contribution >= 4 is 23.6 Å². The van der Waals surface area contributed by atoms with E-state index in [1.165, 1.54) is 6.08 Å². The fourth-order valence-electron chi connectivity index (χ4n) is 3.54. The van der Waals surface area contributed by atoms with Crippen molar-refractivity contribution in [3.63, 3.8) is 0 Å². The van der Waals surface area contributed by atoms with Gasteiger partial charge in [0.15, 0.2) is 11.6 Å². The number of alkyl carbamates (subject to hydrolysis) is 1. The Balaban J connectivity index is 2.80. The van der Waals surface area contributed by atoms with Gasteiger partial charge in [-0.25, -0.2) is 9.59 Å². The van der Waals surface area contributed by atoms with Crippen molar-refractivity contribution in [2.24, 2.45) is 11.3 Å². The molecule has 0 aromatic carbocycles. The number of nitrogens with one attached hydrogen (secondary N) is 1. The molecule has 174 valence electrons. The normalized spacial score (nSPS) is 16.3. The minimum absolute atomic E-state index is 0.0530. The van der Waals surface area contributed by atoms with Crippen LogP contribution in [0, 0.1) is 11.3 Å². The Hall–Kier alpha value is -2.44. The van der Waals surface area contributed by atoms with Crippen LogP contribution >= 0.6 is 0 Å². The van der Waals surface area contributed by atoms with E-state index in [1.54, 1.807) is 34.6 Å². The third kappa shape index (κ3) is 7.96. The van der Waals surface area contributed by atoms with Crippen molar-refractivity contribution in [3.8, 4) is 0 Å². The first-order valence-electron chi connectivity index (χ1n) is 10.7. The number of amides is 1. The lowest BCUT2D eigenvalue weighted by atomic mass is 9.73. The lowest BCUT2D eigenvalue weighted by molar-refractivity contribution is -0.147. The van der Waals surface area contributed by atoms with Gasteiger partial charge in [0.25, 0.3) is 0 Å². The number of ether oxygens (including phenoxy) is 2. The third-order valence-electron chi connectivity index (χ3n) is 5.00. The summed E-state index contributed by atoms with van der Waals surface area (Å²) in [6, 6.07) is -0.831. The van der Waals surface area contributed by atoms with Gasteiger partial charge in [-0.05, 0) is 64.9 Å². The minimum Gasteiger partial charge on any atom is -0.464 e.